The van der Waals surface area contributed by atoms with Gasteiger partial charge in [-0.15, -0.1) is 5.10 Å². The summed E-state index contributed by atoms with van der Waals surface area (Å²) in [5.41, 5.74) is 5.49. The van der Waals surface area contributed by atoms with E-state index in [1.165, 1.54) is 22.7 Å². The first kappa shape index (κ1) is 27.1. The van der Waals surface area contributed by atoms with E-state index in [1.807, 2.05) is 0 Å². The lowest BCUT2D eigenvalue weighted by molar-refractivity contribution is -0.137. The molecule has 8 nitrogen and oxygen atoms in total. The average molecular weight is 599 g/mol. The number of carbonyl (C=O) groups excluding carboxylic acids is 2. The van der Waals surface area contributed by atoms with E-state index >= 15 is 0 Å². The standard InChI is InChI=1S/C28H16ClF5N6O2/c29-20-3-2-16(30)10-18(20)24-23-19(26(42)38-24)7-13(12-1-4-22-37-27(35)39-40(22)11-12)8-21(23)36-25(41)14-5-15(28(32,33)34)9-17(31)6-14/h1-11,24H,(H2,35,39)(H,36,41)(H,38,42)/t24-/m0/s1. The van der Waals surface area contributed by atoms with Crippen molar-refractivity contribution < 1.29 is 31.5 Å². The van der Waals surface area contributed by atoms with Gasteiger partial charge < -0.3 is 16.4 Å². The summed E-state index contributed by atoms with van der Waals surface area (Å²) in [4.78, 5) is 30.5. The number of aromatic nitrogens is 3. The van der Waals surface area contributed by atoms with Crippen LogP contribution in [-0.2, 0) is 6.18 Å². The van der Waals surface area contributed by atoms with Crippen LogP contribution in [0.4, 0.5) is 33.6 Å². The largest absolute Gasteiger partial charge is 0.416 e. The zero-order valence-corrected chi connectivity index (χ0v) is 21.7. The first-order valence-electron chi connectivity index (χ1n) is 12.1. The van der Waals surface area contributed by atoms with Crippen LogP contribution in [0.5, 0.6) is 0 Å². The summed E-state index contributed by atoms with van der Waals surface area (Å²) in [6, 6.07) is 10.2. The van der Waals surface area contributed by atoms with E-state index in [2.05, 4.69) is 20.7 Å². The highest BCUT2D eigenvalue weighted by Gasteiger charge is 2.36. The molecule has 42 heavy (non-hydrogen) atoms. The molecule has 0 fully saturated rings. The summed E-state index contributed by atoms with van der Waals surface area (Å²) in [5.74, 6) is -3.54. The molecule has 0 bridgehead atoms. The molecule has 0 saturated heterocycles. The zero-order valence-electron chi connectivity index (χ0n) is 20.9. The first-order valence-corrected chi connectivity index (χ1v) is 12.5. The molecule has 0 unspecified atom stereocenters. The summed E-state index contributed by atoms with van der Waals surface area (Å²) in [5, 5.41) is 9.40. The van der Waals surface area contributed by atoms with Crippen LogP contribution in [0.2, 0.25) is 5.02 Å². The summed E-state index contributed by atoms with van der Waals surface area (Å²) >= 11 is 6.33. The monoisotopic (exact) mass is 598 g/mol. The van der Waals surface area contributed by atoms with Crippen molar-refractivity contribution in [3.63, 3.8) is 0 Å². The number of fused-ring (bicyclic) bond motifs is 2. The fourth-order valence-corrected chi connectivity index (χ4v) is 5.05. The highest BCUT2D eigenvalue weighted by Crippen LogP contribution is 2.42. The van der Waals surface area contributed by atoms with Gasteiger partial charge in [-0.1, -0.05) is 11.6 Å². The van der Waals surface area contributed by atoms with Crippen LogP contribution < -0.4 is 16.4 Å². The van der Waals surface area contributed by atoms with Gasteiger partial charge in [-0.2, -0.15) is 18.2 Å². The van der Waals surface area contributed by atoms with E-state index in [0.717, 1.165) is 12.1 Å². The fraction of sp³-hybridized carbons (Fsp3) is 0.0714. The minimum Gasteiger partial charge on any atom is -0.366 e. The Morgan fingerprint density at radius 3 is 2.55 bits per heavy atom. The Morgan fingerprint density at radius 2 is 1.79 bits per heavy atom. The normalized spacial score (nSPS) is 14.6. The van der Waals surface area contributed by atoms with E-state index in [4.69, 9.17) is 17.3 Å². The molecule has 4 N–H and O–H groups in total. The predicted molar refractivity (Wildman–Crippen MR) is 143 cm³/mol. The number of benzene rings is 3. The van der Waals surface area contributed by atoms with Crippen LogP contribution in [0.1, 0.15) is 43.4 Å². The lowest BCUT2D eigenvalue weighted by Crippen LogP contribution is -2.21. The number of anilines is 2. The third kappa shape index (κ3) is 4.87. The van der Waals surface area contributed by atoms with Gasteiger partial charge in [0.1, 0.15) is 11.6 Å². The number of nitrogens with two attached hydrogens (primary N) is 1. The number of carbonyl (C=O) groups is 2. The van der Waals surface area contributed by atoms with Crippen LogP contribution in [0.3, 0.4) is 0 Å². The Balaban J connectivity index is 1.51. The number of rotatable bonds is 4. The Morgan fingerprint density at radius 1 is 1.00 bits per heavy atom. The molecule has 14 heteroatoms. The molecule has 2 aromatic heterocycles. The molecule has 0 radical (unpaired) electrons. The lowest BCUT2D eigenvalue weighted by Gasteiger charge is -2.19. The second-order valence-corrected chi connectivity index (χ2v) is 9.84. The molecule has 212 valence electrons. The van der Waals surface area contributed by atoms with Crippen LogP contribution in [-0.4, -0.2) is 26.4 Å². The van der Waals surface area contributed by atoms with Gasteiger partial charge >= 0.3 is 6.18 Å². The van der Waals surface area contributed by atoms with Crippen molar-refractivity contribution in [2.24, 2.45) is 0 Å². The quantitative estimate of drug-likeness (QED) is 0.219. The van der Waals surface area contributed by atoms with Gasteiger partial charge in [-0.05, 0) is 66.2 Å². The molecule has 6 rings (SSSR count). The Hall–Kier alpha value is -5.04. The summed E-state index contributed by atoms with van der Waals surface area (Å²) in [6.07, 6.45) is -3.33. The second-order valence-electron chi connectivity index (χ2n) is 9.43. The van der Waals surface area contributed by atoms with E-state index in [9.17, 15) is 31.5 Å². The topological polar surface area (TPSA) is 114 Å². The molecule has 3 aromatic carbocycles. The molecule has 1 aliphatic heterocycles. The second kappa shape index (κ2) is 9.80. The predicted octanol–water partition coefficient (Wildman–Crippen LogP) is 6.01. The van der Waals surface area contributed by atoms with Gasteiger partial charge in [-0.3, -0.25) is 9.59 Å². The van der Waals surface area contributed by atoms with Crippen molar-refractivity contribution in [3.05, 3.63) is 111 Å². The molecule has 0 aliphatic carbocycles. The number of alkyl halides is 3. The van der Waals surface area contributed by atoms with Crippen LogP contribution in [0, 0.1) is 11.6 Å². The number of hydrogen-bond donors (Lipinski definition) is 3. The van der Waals surface area contributed by atoms with Crippen LogP contribution in [0.25, 0.3) is 16.8 Å². The van der Waals surface area contributed by atoms with E-state index < -0.39 is 46.8 Å². The molecular formula is C28H16ClF5N6O2. The number of hydrogen-bond acceptors (Lipinski definition) is 5. The fourth-order valence-electron chi connectivity index (χ4n) is 4.82. The minimum absolute atomic E-state index is 0.00722. The number of nitrogens with zero attached hydrogens (tertiary/aromatic N) is 3. The Bertz CT molecular complexity index is 1940. The number of pyridine rings is 1. The van der Waals surface area contributed by atoms with E-state index in [0.29, 0.717) is 28.9 Å². The highest BCUT2D eigenvalue weighted by molar-refractivity contribution is 6.31. The number of nitrogen functional groups attached to an aromatic ring is 1. The lowest BCUT2D eigenvalue weighted by atomic mass is 9.93. The molecule has 5 aromatic rings. The van der Waals surface area contributed by atoms with Crippen molar-refractivity contribution in [2.75, 3.05) is 11.1 Å². The highest BCUT2D eigenvalue weighted by atomic mass is 35.5. The van der Waals surface area contributed by atoms with Gasteiger partial charge in [-0.25, -0.2) is 13.3 Å². The van der Waals surface area contributed by atoms with Crippen LogP contribution >= 0.6 is 11.6 Å². The third-order valence-corrected chi connectivity index (χ3v) is 7.02. The molecule has 1 atom stereocenters. The first-order chi connectivity index (χ1) is 19.9. The molecule has 2 amide bonds. The maximum atomic E-state index is 14.2. The van der Waals surface area contributed by atoms with Gasteiger partial charge in [0.15, 0.2) is 5.65 Å². The summed E-state index contributed by atoms with van der Waals surface area (Å²) in [6.45, 7) is 0. The number of halogens is 6. The molecule has 3 heterocycles. The summed E-state index contributed by atoms with van der Waals surface area (Å²) < 4.78 is 69.7. The van der Waals surface area contributed by atoms with Crippen molar-refractivity contribution in [2.45, 2.75) is 12.2 Å². The van der Waals surface area contributed by atoms with Gasteiger partial charge in [0.05, 0.1) is 11.6 Å². The average Bonchev–Trinajstić information content (AvgIpc) is 3.47. The summed E-state index contributed by atoms with van der Waals surface area (Å²) in [7, 11) is 0. The van der Waals surface area contributed by atoms with Crippen molar-refractivity contribution >= 4 is 40.7 Å². The number of nitrogens with one attached hydrogen (secondary N) is 2. The Labute approximate surface area is 237 Å². The smallest absolute Gasteiger partial charge is 0.366 e. The van der Waals surface area contributed by atoms with Gasteiger partial charge in [0.25, 0.3) is 11.8 Å². The van der Waals surface area contributed by atoms with E-state index in [-0.39, 0.29) is 39.4 Å². The zero-order chi connectivity index (χ0) is 29.9. The van der Waals surface area contributed by atoms with E-state index in [1.54, 1.807) is 18.3 Å². The van der Waals surface area contributed by atoms with Gasteiger partial charge in [0, 0.05) is 44.7 Å². The maximum absolute atomic E-state index is 14.2. The number of amides is 2. The molecule has 0 saturated carbocycles. The third-order valence-electron chi connectivity index (χ3n) is 6.67. The molecule has 0 spiro atoms. The van der Waals surface area contributed by atoms with Gasteiger partial charge in [0.2, 0.25) is 5.95 Å². The minimum atomic E-state index is -4.91. The van der Waals surface area contributed by atoms with Crippen LogP contribution in [0.15, 0.2) is 66.9 Å². The van der Waals surface area contributed by atoms with Crippen molar-refractivity contribution in [3.8, 4) is 11.1 Å². The Kier molecular flexibility index (Phi) is 6.34. The maximum Gasteiger partial charge on any atom is 0.416 e. The van der Waals surface area contributed by atoms with Crippen molar-refractivity contribution in [1.29, 1.82) is 0 Å². The SMILES string of the molecule is Nc1nc2ccc(-c3cc(NC(=O)c4cc(F)cc(C(F)(F)F)c4)c4c(c3)C(=O)N[C@H]4c3cc(F)ccc3Cl)cn2n1. The molecular weight excluding hydrogens is 583 g/mol. The van der Waals surface area contributed by atoms with Crippen molar-refractivity contribution in [1.82, 2.24) is 19.9 Å². The molecule has 1 aliphatic rings.